The van der Waals surface area contributed by atoms with E-state index in [0.717, 1.165) is 15.4 Å². The van der Waals surface area contributed by atoms with Gasteiger partial charge in [-0.3, -0.25) is 0 Å². The van der Waals surface area contributed by atoms with Gasteiger partial charge in [0.15, 0.2) is 0 Å². The van der Waals surface area contributed by atoms with Gasteiger partial charge in [-0.25, -0.2) is 4.39 Å². The van der Waals surface area contributed by atoms with Gasteiger partial charge in [0.25, 0.3) is 0 Å². The van der Waals surface area contributed by atoms with Gasteiger partial charge in [0.2, 0.25) is 0 Å². The fourth-order valence-corrected chi connectivity index (χ4v) is 2.56. The summed E-state index contributed by atoms with van der Waals surface area (Å²) in [7, 11) is 0. The Morgan fingerprint density at radius 2 is 1.65 bits per heavy atom. The Morgan fingerprint density at radius 3 is 2.50 bits per heavy atom. The van der Waals surface area contributed by atoms with E-state index in [9.17, 15) is 4.39 Å². The van der Waals surface area contributed by atoms with Crippen LogP contribution in [-0.2, 0) is 0 Å². The molecule has 0 saturated carbocycles. The summed E-state index contributed by atoms with van der Waals surface area (Å²) in [5, 5.41) is 2.29. The molecule has 4 rings (SSSR count). The molecule has 4 aromatic rings. The maximum atomic E-state index is 12.5. The highest BCUT2D eigenvalue weighted by Gasteiger charge is 1.95. The molecule has 0 unspecified atom stereocenters. The summed E-state index contributed by atoms with van der Waals surface area (Å²) in [6, 6.07) is 14.8. The van der Waals surface area contributed by atoms with Gasteiger partial charge < -0.3 is 9.97 Å². The maximum Gasteiger partial charge on any atom is 0.125 e. The van der Waals surface area contributed by atoms with Crippen molar-refractivity contribution < 1.29 is 4.39 Å². The van der Waals surface area contributed by atoms with E-state index >= 15 is 0 Å². The fourth-order valence-electron chi connectivity index (χ4n) is 2.07. The van der Waals surface area contributed by atoms with Crippen molar-refractivity contribution in [1.82, 2.24) is 9.97 Å². The Bertz CT molecular complexity index is 847. The topological polar surface area (TPSA) is 31.6 Å². The summed E-state index contributed by atoms with van der Waals surface area (Å²) in [5.41, 5.74) is 2.02. The zero-order valence-electron chi connectivity index (χ0n) is 10.5. The number of aromatic amines is 2. The molecular formula is C16H12BrFN2. The standard InChI is InChI=1S/C8H6BrN.C8H6FN/c9-7-3-1-2-6-4-5-10-8(6)7;9-7-2-1-6-3-4-10-8(6)5-7/h2*1-5,10H. The van der Waals surface area contributed by atoms with Gasteiger partial charge in [0, 0.05) is 27.8 Å². The maximum absolute atomic E-state index is 12.5. The molecule has 0 aliphatic carbocycles. The quantitative estimate of drug-likeness (QED) is 0.442. The van der Waals surface area contributed by atoms with Crippen molar-refractivity contribution >= 4 is 37.7 Å². The Kier molecular flexibility index (Phi) is 3.56. The molecule has 2 aromatic heterocycles. The minimum atomic E-state index is -0.199. The lowest BCUT2D eigenvalue weighted by atomic mass is 10.2. The molecule has 0 aliphatic heterocycles. The largest absolute Gasteiger partial charge is 0.361 e. The van der Waals surface area contributed by atoms with Gasteiger partial charge in [-0.2, -0.15) is 0 Å². The van der Waals surface area contributed by atoms with E-state index in [4.69, 9.17) is 0 Å². The zero-order valence-corrected chi connectivity index (χ0v) is 12.1. The molecule has 100 valence electrons. The summed E-state index contributed by atoms with van der Waals surface area (Å²) < 4.78 is 13.6. The van der Waals surface area contributed by atoms with Gasteiger partial charge in [-0.1, -0.05) is 12.1 Å². The van der Waals surface area contributed by atoms with Crippen LogP contribution in [0.2, 0.25) is 0 Å². The van der Waals surface area contributed by atoms with Crippen molar-refractivity contribution in [2.24, 2.45) is 0 Å². The number of benzene rings is 2. The highest BCUT2D eigenvalue weighted by molar-refractivity contribution is 9.10. The van der Waals surface area contributed by atoms with Gasteiger partial charge >= 0.3 is 0 Å². The first-order valence-electron chi connectivity index (χ1n) is 6.18. The van der Waals surface area contributed by atoms with E-state index in [-0.39, 0.29) is 5.82 Å². The van der Waals surface area contributed by atoms with Crippen molar-refractivity contribution in [3.05, 3.63) is 71.2 Å². The average molecular weight is 331 g/mol. The van der Waals surface area contributed by atoms with E-state index in [2.05, 4.69) is 38.0 Å². The lowest BCUT2D eigenvalue weighted by Crippen LogP contribution is -1.71. The van der Waals surface area contributed by atoms with E-state index in [0.29, 0.717) is 0 Å². The third kappa shape index (κ3) is 2.60. The highest BCUT2D eigenvalue weighted by atomic mass is 79.9. The number of hydrogen-bond acceptors (Lipinski definition) is 0. The second-order valence-corrected chi connectivity index (χ2v) is 5.25. The molecule has 0 spiro atoms. The van der Waals surface area contributed by atoms with Crippen LogP contribution in [0.1, 0.15) is 0 Å². The van der Waals surface area contributed by atoms with Crippen molar-refractivity contribution in [3.63, 3.8) is 0 Å². The number of para-hydroxylation sites is 1. The molecule has 0 bridgehead atoms. The predicted octanol–water partition coefficient (Wildman–Crippen LogP) is 5.24. The molecule has 2 N–H and O–H groups in total. The van der Waals surface area contributed by atoms with E-state index < -0.39 is 0 Å². The van der Waals surface area contributed by atoms with Crippen molar-refractivity contribution in [3.8, 4) is 0 Å². The number of hydrogen-bond donors (Lipinski definition) is 2. The number of H-pyrrole nitrogens is 2. The Balaban J connectivity index is 0.000000121. The van der Waals surface area contributed by atoms with Gasteiger partial charge in [-0.05, 0) is 57.7 Å². The molecule has 2 nitrogen and oxygen atoms in total. The van der Waals surface area contributed by atoms with Crippen molar-refractivity contribution in [2.75, 3.05) is 0 Å². The SMILES string of the molecule is Brc1cccc2cc[nH]c12.Fc1ccc2cc[nH]c2c1. The van der Waals surface area contributed by atoms with E-state index in [1.54, 1.807) is 12.3 Å². The average Bonchev–Trinajstić information content (AvgIpc) is 3.07. The summed E-state index contributed by atoms with van der Waals surface area (Å²) >= 11 is 3.44. The third-order valence-electron chi connectivity index (χ3n) is 3.05. The smallest absolute Gasteiger partial charge is 0.125 e. The predicted molar refractivity (Wildman–Crippen MR) is 84.3 cm³/mol. The zero-order chi connectivity index (χ0) is 13.9. The third-order valence-corrected chi connectivity index (χ3v) is 3.71. The molecule has 0 fully saturated rings. The number of halogens is 2. The monoisotopic (exact) mass is 330 g/mol. The number of fused-ring (bicyclic) bond motifs is 2. The number of nitrogens with one attached hydrogen (secondary N) is 2. The molecule has 0 radical (unpaired) electrons. The van der Waals surface area contributed by atoms with Gasteiger partial charge in [0.1, 0.15) is 5.82 Å². The molecule has 2 aromatic carbocycles. The summed E-state index contributed by atoms with van der Waals surface area (Å²) in [6.45, 7) is 0. The Morgan fingerprint density at radius 1 is 0.850 bits per heavy atom. The lowest BCUT2D eigenvalue weighted by Gasteiger charge is -1.90. The molecule has 4 heteroatoms. The number of aromatic nitrogens is 2. The van der Waals surface area contributed by atoms with Crippen LogP contribution in [-0.4, -0.2) is 9.97 Å². The lowest BCUT2D eigenvalue weighted by molar-refractivity contribution is 0.629. The van der Waals surface area contributed by atoms with Gasteiger partial charge in [0.05, 0.1) is 5.52 Å². The summed E-state index contributed by atoms with van der Waals surface area (Å²) in [4.78, 5) is 6.06. The second-order valence-electron chi connectivity index (χ2n) is 4.39. The van der Waals surface area contributed by atoms with E-state index in [1.165, 1.54) is 23.0 Å². The first-order valence-corrected chi connectivity index (χ1v) is 6.97. The molecule has 2 heterocycles. The van der Waals surface area contributed by atoms with Crippen LogP contribution in [0.25, 0.3) is 21.8 Å². The highest BCUT2D eigenvalue weighted by Crippen LogP contribution is 2.21. The molecule has 0 aliphatic rings. The number of rotatable bonds is 0. The normalized spacial score (nSPS) is 10.5. The van der Waals surface area contributed by atoms with Crippen LogP contribution in [0, 0.1) is 5.82 Å². The van der Waals surface area contributed by atoms with Crippen molar-refractivity contribution in [2.45, 2.75) is 0 Å². The Hall–Kier alpha value is -2.07. The Labute approximate surface area is 123 Å². The fraction of sp³-hybridized carbons (Fsp3) is 0. The first-order chi connectivity index (χ1) is 9.74. The van der Waals surface area contributed by atoms with Gasteiger partial charge in [-0.15, -0.1) is 0 Å². The minimum Gasteiger partial charge on any atom is -0.361 e. The summed E-state index contributed by atoms with van der Waals surface area (Å²) in [5.74, 6) is -0.199. The van der Waals surface area contributed by atoms with Crippen LogP contribution in [0.15, 0.2) is 65.4 Å². The molecule has 20 heavy (non-hydrogen) atoms. The molecule has 0 saturated heterocycles. The molecule has 0 amide bonds. The van der Waals surface area contributed by atoms with Crippen molar-refractivity contribution in [1.29, 1.82) is 0 Å². The van der Waals surface area contributed by atoms with Crippen LogP contribution >= 0.6 is 15.9 Å². The second kappa shape index (κ2) is 5.51. The van der Waals surface area contributed by atoms with E-state index in [1.807, 2.05) is 24.4 Å². The molecule has 0 atom stereocenters. The van der Waals surface area contributed by atoms with Crippen LogP contribution in [0.3, 0.4) is 0 Å². The minimum absolute atomic E-state index is 0.199. The molecular weight excluding hydrogens is 319 g/mol. The van der Waals surface area contributed by atoms with Crippen LogP contribution in [0.4, 0.5) is 4.39 Å². The van der Waals surface area contributed by atoms with Crippen LogP contribution < -0.4 is 0 Å². The summed E-state index contributed by atoms with van der Waals surface area (Å²) in [6.07, 6.45) is 3.74. The first kappa shape index (κ1) is 12.9. The van der Waals surface area contributed by atoms with Crippen LogP contribution in [0.5, 0.6) is 0 Å².